The van der Waals surface area contributed by atoms with Gasteiger partial charge in [-0.15, -0.1) is 37.1 Å². The molecule has 33 heavy (non-hydrogen) atoms. The second kappa shape index (κ2) is 9.19. The van der Waals surface area contributed by atoms with E-state index in [0.29, 0.717) is 0 Å². The summed E-state index contributed by atoms with van der Waals surface area (Å²) in [7, 11) is 1.20. The van der Waals surface area contributed by atoms with E-state index >= 15 is 0 Å². The fourth-order valence-corrected chi connectivity index (χ4v) is 3.69. The van der Waals surface area contributed by atoms with E-state index in [1.807, 2.05) is 0 Å². The molecule has 0 saturated carbocycles. The van der Waals surface area contributed by atoms with Gasteiger partial charge in [0, 0.05) is 18.0 Å². The molecule has 0 unspecified atom stereocenters. The van der Waals surface area contributed by atoms with Gasteiger partial charge in [-0.3, -0.25) is 14.2 Å². The number of amides is 1. The van der Waals surface area contributed by atoms with E-state index < -0.39 is 47.2 Å². The number of carbonyl (C=O) groups excluding carboxylic acids is 1. The van der Waals surface area contributed by atoms with Crippen molar-refractivity contribution in [2.24, 2.45) is 7.05 Å². The van der Waals surface area contributed by atoms with Crippen molar-refractivity contribution < 1.29 is 27.1 Å². The molecule has 15 heteroatoms. The zero-order chi connectivity index (χ0) is 24.5. The van der Waals surface area contributed by atoms with Crippen LogP contribution in [0.5, 0.6) is 5.75 Å². The summed E-state index contributed by atoms with van der Waals surface area (Å²) in [6, 6.07) is 2.77. The number of H-pyrrole nitrogens is 1. The highest BCUT2D eigenvalue weighted by atomic mass is 32.1. The largest absolute Gasteiger partial charge is 0.573 e. The lowest BCUT2D eigenvalue weighted by Gasteiger charge is -2.10. The van der Waals surface area contributed by atoms with Crippen LogP contribution in [0.15, 0.2) is 38.2 Å². The second-order valence-electron chi connectivity index (χ2n) is 6.45. The standard InChI is InChI=1S/C18H13F4N5O4S2/c1-27-15(29)13(14(32)26-17(27)30)9(23)5-12(28)25-16-24-10(6-33-16)7-2-3-11(8(19)4-7)31-18(20,21)22/h2-4,6,23,32H,5H2,1H3,(H,26,30)(H,24,25,28). The summed E-state index contributed by atoms with van der Waals surface area (Å²) in [6.07, 6.45) is -5.58. The molecule has 2 aromatic heterocycles. The number of ether oxygens (including phenoxy) is 1. The van der Waals surface area contributed by atoms with Gasteiger partial charge in [0.25, 0.3) is 5.56 Å². The Bertz CT molecular complexity index is 1360. The molecule has 0 aliphatic heterocycles. The van der Waals surface area contributed by atoms with E-state index in [4.69, 9.17) is 5.41 Å². The van der Waals surface area contributed by atoms with Crippen molar-refractivity contribution in [3.05, 3.63) is 55.8 Å². The lowest BCUT2D eigenvalue weighted by Crippen LogP contribution is -2.37. The molecule has 1 amide bonds. The highest BCUT2D eigenvalue weighted by Crippen LogP contribution is 2.31. The number of anilines is 1. The zero-order valence-electron chi connectivity index (χ0n) is 16.4. The summed E-state index contributed by atoms with van der Waals surface area (Å²) >= 11 is 4.92. The maximum Gasteiger partial charge on any atom is 0.573 e. The van der Waals surface area contributed by atoms with E-state index in [9.17, 15) is 31.9 Å². The third-order valence-electron chi connectivity index (χ3n) is 4.13. The molecule has 0 aliphatic rings. The summed E-state index contributed by atoms with van der Waals surface area (Å²) in [5.74, 6) is -2.95. The average Bonchev–Trinajstić information content (AvgIpc) is 3.15. The van der Waals surface area contributed by atoms with Gasteiger partial charge < -0.3 is 20.4 Å². The summed E-state index contributed by atoms with van der Waals surface area (Å²) in [4.78, 5) is 42.3. The van der Waals surface area contributed by atoms with Crippen LogP contribution in [0.1, 0.15) is 12.0 Å². The van der Waals surface area contributed by atoms with E-state index in [2.05, 4.69) is 32.7 Å². The smallest absolute Gasteiger partial charge is 0.403 e. The van der Waals surface area contributed by atoms with Gasteiger partial charge in [-0.05, 0) is 18.2 Å². The number of aromatic amines is 1. The number of halogens is 4. The normalized spacial score (nSPS) is 11.3. The van der Waals surface area contributed by atoms with Crippen molar-refractivity contribution in [3.63, 3.8) is 0 Å². The molecule has 0 fully saturated rings. The number of thiol groups is 1. The summed E-state index contributed by atoms with van der Waals surface area (Å²) < 4.78 is 55.0. The van der Waals surface area contributed by atoms with Gasteiger partial charge in [-0.25, -0.2) is 14.2 Å². The highest BCUT2D eigenvalue weighted by molar-refractivity contribution is 7.80. The van der Waals surface area contributed by atoms with Gasteiger partial charge in [0.15, 0.2) is 16.7 Å². The number of alkyl halides is 3. The molecule has 3 N–H and O–H groups in total. The first-order valence-corrected chi connectivity index (χ1v) is 10.1. The van der Waals surface area contributed by atoms with E-state index in [-0.39, 0.29) is 27.0 Å². The van der Waals surface area contributed by atoms with Crippen LogP contribution in [0.25, 0.3) is 11.3 Å². The fraction of sp³-hybridized carbons (Fsp3) is 0.167. The Labute approximate surface area is 191 Å². The number of aromatic nitrogens is 3. The third-order valence-corrected chi connectivity index (χ3v) is 5.22. The quantitative estimate of drug-likeness (QED) is 0.178. The maximum atomic E-state index is 13.9. The van der Waals surface area contributed by atoms with Gasteiger partial charge in [0.1, 0.15) is 0 Å². The van der Waals surface area contributed by atoms with Gasteiger partial charge in [-0.1, -0.05) is 0 Å². The first-order valence-electron chi connectivity index (χ1n) is 8.77. The van der Waals surface area contributed by atoms with Crippen LogP contribution >= 0.6 is 24.0 Å². The van der Waals surface area contributed by atoms with Crippen LogP contribution in [0.2, 0.25) is 0 Å². The zero-order valence-corrected chi connectivity index (χ0v) is 18.1. The number of hydrogen-bond donors (Lipinski definition) is 4. The van der Waals surface area contributed by atoms with Crippen LogP contribution < -0.4 is 21.3 Å². The van der Waals surface area contributed by atoms with E-state index in [0.717, 1.165) is 28.0 Å². The molecule has 0 aliphatic carbocycles. The van der Waals surface area contributed by atoms with Gasteiger partial charge >= 0.3 is 12.1 Å². The Morgan fingerprint density at radius 3 is 2.70 bits per heavy atom. The minimum Gasteiger partial charge on any atom is -0.403 e. The summed E-state index contributed by atoms with van der Waals surface area (Å²) in [6.45, 7) is 0. The minimum atomic E-state index is -5.04. The maximum absolute atomic E-state index is 13.9. The Balaban J connectivity index is 1.71. The van der Waals surface area contributed by atoms with Crippen LogP contribution in [-0.2, 0) is 11.8 Å². The molecule has 0 spiro atoms. The second-order valence-corrected chi connectivity index (χ2v) is 7.76. The van der Waals surface area contributed by atoms with Crippen molar-refractivity contribution in [1.29, 1.82) is 5.41 Å². The predicted octanol–water partition coefficient (Wildman–Crippen LogP) is 2.92. The van der Waals surface area contributed by atoms with Crippen LogP contribution in [0.4, 0.5) is 22.7 Å². The number of benzene rings is 1. The lowest BCUT2D eigenvalue weighted by molar-refractivity contribution is -0.275. The first-order chi connectivity index (χ1) is 15.4. The molecule has 1 aromatic carbocycles. The van der Waals surface area contributed by atoms with Crippen LogP contribution in [0, 0.1) is 11.2 Å². The summed E-state index contributed by atoms with van der Waals surface area (Å²) in [5.41, 5.74) is -1.84. The topological polar surface area (TPSA) is 130 Å². The fourth-order valence-electron chi connectivity index (χ4n) is 2.62. The average molecular weight is 503 g/mol. The molecular weight excluding hydrogens is 490 g/mol. The van der Waals surface area contributed by atoms with Crippen LogP contribution in [-0.4, -0.2) is 32.5 Å². The van der Waals surface area contributed by atoms with E-state index in [1.165, 1.54) is 18.5 Å². The Morgan fingerprint density at radius 2 is 2.06 bits per heavy atom. The molecule has 174 valence electrons. The number of carbonyl (C=O) groups is 1. The number of nitrogens with zero attached hydrogens (tertiary/aromatic N) is 2. The molecular formula is C18H13F4N5O4S2. The molecule has 0 bridgehead atoms. The predicted molar refractivity (Wildman–Crippen MR) is 114 cm³/mol. The Morgan fingerprint density at radius 1 is 1.36 bits per heavy atom. The SMILES string of the molecule is Cn1c(=O)[nH]c(S)c(C(=N)CC(=O)Nc2nc(-c3ccc(OC(F)(F)F)c(F)c3)cs2)c1=O. The number of rotatable bonds is 6. The summed E-state index contributed by atoms with van der Waals surface area (Å²) in [5, 5.41) is 11.8. The molecule has 0 atom stereocenters. The van der Waals surface area contributed by atoms with Crippen molar-refractivity contribution in [3.8, 4) is 17.0 Å². The molecule has 2 heterocycles. The first kappa shape index (κ1) is 24.2. The van der Waals surface area contributed by atoms with Crippen molar-refractivity contribution in [2.45, 2.75) is 17.8 Å². The van der Waals surface area contributed by atoms with Crippen molar-refractivity contribution in [1.82, 2.24) is 14.5 Å². The van der Waals surface area contributed by atoms with Gasteiger partial charge in [0.05, 0.1) is 28.4 Å². The number of nitrogens with one attached hydrogen (secondary N) is 3. The molecule has 0 saturated heterocycles. The lowest BCUT2D eigenvalue weighted by atomic mass is 10.1. The molecule has 0 radical (unpaired) electrons. The molecule has 3 rings (SSSR count). The number of hydrogen-bond acceptors (Lipinski definition) is 8. The van der Waals surface area contributed by atoms with Crippen molar-refractivity contribution >= 4 is 40.7 Å². The van der Waals surface area contributed by atoms with Gasteiger partial charge in [-0.2, -0.15) is 0 Å². The Hall–Kier alpha value is -3.46. The van der Waals surface area contributed by atoms with Crippen LogP contribution in [0.3, 0.4) is 0 Å². The highest BCUT2D eigenvalue weighted by Gasteiger charge is 2.32. The van der Waals surface area contributed by atoms with Crippen molar-refractivity contribution in [2.75, 3.05) is 5.32 Å². The Kier molecular flexibility index (Phi) is 6.73. The number of thiazole rings is 1. The monoisotopic (exact) mass is 503 g/mol. The molecule has 9 nitrogen and oxygen atoms in total. The third kappa shape index (κ3) is 5.67. The van der Waals surface area contributed by atoms with E-state index in [1.54, 1.807) is 0 Å². The minimum absolute atomic E-state index is 0.0688. The van der Waals surface area contributed by atoms with Gasteiger partial charge in [0.2, 0.25) is 5.91 Å². The molecule has 3 aromatic rings.